The standard InChI is InChI=1S/C15H25N3O3/c19-14(20)11-3-1-7-18(10-11)15(21)16-12-5-8-17-6-2-4-13(17)9-12/h11-13H,1-10H2,(H,16,21)(H,19,20). The third-order valence-electron chi connectivity index (χ3n) is 5.21. The van der Waals surface area contributed by atoms with Crippen LogP contribution in [-0.4, -0.2) is 65.2 Å². The van der Waals surface area contributed by atoms with E-state index in [1.165, 1.54) is 19.4 Å². The van der Waals surface area contributed by atoms with Crippen LogP contribution in [0, 0.1) is 5.92 Å². The van der Waals surface area contributed by atoms with Gasteiger partial charge in [-0.2, -0.15) is 0 Å². The molecule has 3 aliphatic rings. The van der Waals surface area contributed by atoms with E-state index in [2.05, 4.69) is 10.2 Å². The number of carbonyl (C=O) groups excluding carboxylic acids is 1. The fourth-order valence-electron chi connectivity index (χ4n) is 3.98. The maximum atomic E-state index is 12.3. The van der Waals surface area contributed by atoms with Gasteiger partial charge in [-0.1, -0.05) is 0 Å². The van der Waals surface area contributed by atoms with Crippen molar-refractivity contribution in [3.8, 4) is 0 Å². The highest BCUT2D eigenvalue weighted by Gasteiger charge is 2.34. The number of fused-ring (bicyclic) bond motifs is 1. The first-order chi connectivity index (χ1) is 10.1. The van der Waals surface area contributed by atoms with Gasteiger partial charge in [-0.25, -0.2) is 4.79 Å². The maximum absolute atomic E-state index is 12.3. The quantitative estimate of drug-likeness (QED) is 0.801. The Bertz CT molecular complexity index is 415. The number of piperidine rings is 2. The second-order valence-corrected chi connectivity index (χ2v) is 6.63. The summed E-state index contributed by atoms with van der Waals surface area (Å²) in [6.07, 6.45) is 6.04. The first-order valence-corrected chi connectivity index (χ1v) is 8.16. The van der Waals surface area contributed by atoms with Gasteiger partial charge in [-0.3, -0.25) is 4.79 Å². The molecule has 118 valence electrons. The minimum absolute atomic E-state index is 0.0719. The van der Waals surface area contributed by atoms with E-state index >= 15 is 0 Å². The number of hydrogen-bond donors (Lipinski definition) is 2. The average Bonchev–Trinajstić information content (AvgIpc) is 2.95. The van der Waals surface area contributed by atoms with E-state index in [9.17, 15) is 9.59 Å². The number of nitrogens with one attached hydrogen (secondary N) is 1. The molecule has 0 aliphatic carbocycles. The third kappa shape index (κ3) is 3.31. The molecule has 3 atom stereocenters. The molecule has 0 aromatic heterocycles. The van der Waals surface area contributed by atoms with Gasteiger partial charge in [0, 0.05) is 31.7 Å². The monoisotopic (exact) mass is 295 g/mol. The van der Waals surface area contributed by atoms with Crippen LogP contribution in [0.5, 0.6) is 0 Å². The zero-order valence-electron chi connectivity index (χ0n) is 12.5. The number of urea groups is 1. The van der Waals surface area contributed by atoms with Gasteiger partial charge in [0.25, 0.3) is 0 Å². The molecule has 6 heteroatoms. The molecular formula is C15H25N3O3. The summed E-state index contributed by atoms with van der Waals surface area (Å²) in [6.45, 7) is 3.31. The first kappa shape index (κ1) is 14.6. The summed E-state index contributed by atoms with van der Waals surface area (Å²) >= 11 is 0. The SMILES string of the molecule is O=C(O)C1CCCN(C(=O)NC2CCN3CCCC3C2)C1. The molecule has 3 saturated heterocycles. The van der Waals surface area contributed by atoms with Gasteiger partial charge in [0.2, 0.25) is 0 Å². The Morgan fingerprint density at radius 3 is 2.67 bits per heavy atom. The smallest absolute Gasteiger partial charge is 0.317 e. The predicted molar refractivity (Wildman–Crippen MR) is 78.1 cm³/mol. The fraction of sp³-hybridized carbons (Fsp3) is 0.867. The zero-order chi connectivity index (χ0) is 14.8. The third-order valence-corrected chi connectivity index (χ3v) is 5.21. The molecular weight excluding hydrogens is 270 g/mol. The van der Waals surface area contributed by atoms with E-state index in [-0.39, 0.29) is 12.1 Å². The molecule has 3 aliphatic heterocycles. The lowest BCUT2D eigenvalue weighted by Crippen LogP contribution is -2.53. The Hall–Kier alpha value is -1.30. The molecule has 0 aromatic rings. The molecule has 3 unspecified atom stereocenters. The zero-order valence-corrected chi connectivity index (χ0v) is 12.5. The van der Waals surface area contributed by atoms with Gasteiger partial charge in [0.1, 0.15) is 0 Å². The lowest BCUT2D eigenvalue weighted by atomic mass is 9.97. The Labute approximate surface area is 125 Å². The summed E-state index contributed by atoms with van der Waals surface area (Å²) in [5.74, 6) is -1.19. The second-order valence-electron chi connectivity index (χ2n) is 6.63. The normalized spacial score (nSPS) is 33.5. The van der Waals surface area contributed by atoms with E-state index in [0.29, 0.717) is 25.6 Å². The Balaban J connectivity index is 1.50. The van der Waals surface area contributed by atoms with Crippen LogP contribution < -0.4 is 5.32 Å². The van der Waals surface area contributed by atoms with Crippen molar-refractivity contribution in [2.45, 2.75) is 50.6 Å². The van der Waals surface area contributed by atoms with Crippen molar-refractivity contribution in [1.29, 1.82) is 0 Å². The predicted octanol–water partition coefficient (Wildman–Crippen LogP) is 1.12. The summed E-state index contributed by atoms with van der Waals surface area (Å²) in [4.78, 5) is 27.6. The number of carboxylic acid groups (broad SMARTS) is 1. The number of rotatable bonds is 2. The van der Waals surface area contributed by atoms with Crippen molar-refractivity contribution in [2.24, 2.45) is 5.92 Å². The van der Waals surface area contributed by atoms with Crippen molar-refractivity contribution in [3.63, 3.8) is 0 Å². The van der Waals surface area contributed by atoms with Crippen LogP contribution in [0.15, 0.2) is 0 Å². The number of carboxylic acids is 1. The summed E-state index contributed by atoms with van der Waals surface area (Å²) in [7, 11) is 0. The molecule has 0 spiro atoms. The highest BCUT2D eigenvalue weighted by atomic mass is 16.4. The van der Waals surface area contributed by atoms with E-state index in [0.717, 1.165) is 25.8 Å². The molecule has 3 rings (SSSR count). The van der Waals surface area contributed by atoms with Crippen molar-refractivity contribution in [3.05, 3.63) is 0 Å². The van der Waals surface area contributed by atoms with Crippen LogP contribution in [0.4, 0.5) is 4.79 Å². The average molecular weight is 295 g/mol. The lowest BCUT2D eigenvalue weighted by Gasteiger charge is -2.37. The van der Waals surface area contributed by atoms with Crippen LogP contribution in [0.2, 0.25) is 0 Å². The topological polar surface area (TPSA) is 72.9 Å². The van der Waals surface area contributed by atoms with Crippen LogP contribution in [0.3, 0.4) is 0 Å². The summed E-state index contributed by atoms with van der Waals surface area (Å²) in [5.41, 5.74) is 0. The maximum Gasteiger partial charge on any atom is 0.317 e. The van der Waals surface area contributed by atoms with Gasteiger partial charge in [0.05, 0.1) is 5.92 Å². The Morgan fingerprint density at radius 1 is 1.05 bits per heavy atom. The number of carbonyl (C=O) groups is 2. The number of aliphatic carboxylic acids is 1. The van der Waals surface area contributed by atoms with Gasteiger partial charge >= 0.3 is 12.0 Å². The molecule has 21 heavy (non-hydrogen) atoms. The van der Waals surface area contributed by atoms with Crippen LogP contribution in [0.25, 0.3) is 0 Å². The molecule has 3 fully saturated rings. The number of hydrogen-bond acceptors (Lipinski definition) is 3. The Kier molecular flexibility index (Phi) is 4.33. The fourth-order valence-corrected chi connectivity index (χ4v) is 3.98. The first-order valence-electron chi connectivity index (χ1n) is 8.16. The van der Waals surface area contributed by atoms with E-state index in [1.807, 2.05) is 0 Å². The van der Waals surface area contributed by atoms with Gasteiger partial charge in [-0.05, 0) is 45.1 Å². The molecule has 0 bridgehead atoms. The van der Waals surface area contributed by atoms with Gasteiger partial charge in [0.15, 0.2) is 0 Å². The summed E-state index contributed by atoms with van der Waals surface area (Å²) in [5, 5.41) is 12.2. The van der Waals surface area contributed by atoms with Crippen LogP contribution in [-0.2, 0) is 4.79 Å². The van der Waals surface area contributed by atoms with Crippen molar-refractivity contribution >= 4 is 12.0 Å². The van der Waals surface area contributed by atoms with Crippen LogP contribution in [0.1, 0.15) is 38.5 Å². The van der Waals surface area contributed by atoms with E-state index in [1.54, 1.807) is 4.90 Å². The molecule has 6 nitrogen and oxygen atoms in total. The molecule has 0 aromatic carbocycles. The van der Waals surface area contributed by atoms with Crippen molar-refractivity contribution in [1.82, 2.24) is 15.1 Å². The molecule has 0 radical (unpaired) electrons. The van der Waals surface area contributed by atoms with Gasteiger partial charge < -0.3 is 20.2 Å². The van der Waals surface area contributed by atoms with E-state index < -0.39 is 11.9 Å². The molecule has 0 saturated carbocycles. The summed E-state index contributed by atoms with van der Waals surface area (Å²) < 4.78 is 0. The second kappa shape index (κ2) is 6.22. The number of likely N-dealkylation sites (tertiary alicyclic amines) is 1. The molecule has 3 heterocycles. The lowest BCUT2D eigenvalue weighted by molar-refractivity contribution is -0.143. The summed E-state index contributed by atoms with van der Waals surface area (Å²) in [6, 6.07) is 0.816. The minimum atomic E-state index is -0.785. The highest BCUT2D eigenvalue weighted by molar-refractivity contribution is 5.76. The van der Waals surface area contributed by atoms with Crippen molar-refractivity contribution < 1.29 is 14.7 Å². The number of amides is 2. The molecule has 2 N–H and O–H groups in total. The van der Waals surface area contributed by atoms with Crippen molar-refractivity contribution in [2.75, 3.05) is 26.2 Å². The van der Waals surface area contributed by atoms with E-state index in [4.69, 9.17) is 5.11 Å². The number of nitrogens with zero attached hydrogens (tertiary/aromatic N) is 2. The minimum Gasteiger partial charge on any atom is -0.481 e. The van der Waals surface area contributed by atoms with Gasteiger partial charge in [-0.15, -0.1) is 0 Å². The van der Waals surface area contributed by atoms with Crippen LogP contribution >= 0.6 is 0 Å². The Morgan fingerprint density at radius 2 is 1.86 bits per heavy atom. The highest BCUT2D eigenvalue weighted by Crippen LogP contribution is 2.27. The largest absolute Gasteiger partial charge is 0.481 e. The molecule has 2 amide bonds.